The summed E-state index contributed by atoms with van der Waals surface area (Å²) in [5.41, 5.74) is 0. The van der Waals surface area contributed by atoms with Crippen LogP contribution in [0.4, 0.5) is 0 Å². The molecule has 0 aliphatic carbocycles. The molecule has 372 valence electrons. The van der Waals surface area contributed by atoms with Gasteiger partial charge in [-0.1, -0.05) is 256 Å². The third-order valence-corrected chi connectivity index (χ3v) is 13.0. The summed E-state index contributed by atoms with van der Waals surface area (Å²) in [6, 6.07) is -0.626. The molecule has 0 radical (unpaired) electrons. The van der Waals surface area contributed by atoms with Gasteiger partial charge in [0, 0.05) is 12.8 Å². The summed E-state index contributed by atoms with van der Waals surface area (Å²) in [5.74, 6) is -0.0589. The second-order valence-electron chi connectivity index (χ2n) is 19.3. The normalized spacial score (nSPS) is 12.8. The Morgan fingerprint density at radius 2 is 0.746 bits per heavy atom. The molecule has 3 N–H and O–H groups in total. The minimum absolute atomic E-state index is 0.0133. The van der Waals surface area contributed by atoms with E-state index in [0.717, 1.165) is 38.5 Å². The van der Waals surface area contributed by atoms with Crippen molar-refractivity contribution in [2.75, 3.05) is 13.2 Å². The molecule has 0 aliphatic rings. The van der Waals surface area contributed by atoms with E-state index in [9.17, 15) is 19.8 Å². The van der Waals surface area contributed by atoms with Gasteiger partial charge >= 0.3 is 5.97 Å². The molecular formula is C57H109NO5. The molecule has 0 fully saturated rings. The number of unbranched alkanes of at least 4 members (excludes halogenated alkanes) is 39. The first-order chi connectivity index (χ1) is 31.0. The average molecular weight is 889 g/mol. The predicted molar refractivity (Wildman–Crippen MR) is 273 cm³/mol. The summed E-state index contributed by atoms with van der Waals surface area (Å²) >= 11 is 0. The molecule has 0 aliphatic heterocycles. The zero-order valence-electron chi connectivity index (χ0n) is 42.3. The molecule has 63 heavy (non-hydrogen) atoms. The van der Waals surface area contributed by atoms with Crippen molar-refractivity contribution < 1.29 is 24.5 Å². The summed E-state index contributed by atoms with van der Waals surface area (Å²) in [7, 11) is 0. The molecule has 0 heterocycles. The van der Waals surface area contributed by atoms with Crippen LogP contribution in [-0.2, 0) is 14.3 Å². The third kappa shape index (κ3) is 49.6. The molecule has 1 amide bonds. The Hall–Kier alpha value is -1.66. The van der Waals surface area contributed by atoms with Crippen LogP contribution in [0.3, 0.4) is 0 Å². The molecule has 0 aromatic carbocycles. The molecule has 0 rings (SSSR count). The Morgan fingerprint density at radius 1 is 0.429 bits per heavy atom. The van der Waals surface area contributed by atoms with E-state index in [1.807, 2.05) is 6.08 Å². The van der Waals surface area contributed by atoms with Crippen LogP contribution in [0.25, 0.3) is 0 Å². The van der Waals surface area contributed by atoms with E-state index in [1.165, 1.54) is 238 Å². The van der Waals surface area contributed by atoms with Crippen LogP contribution in [0.2, 0.25) is 0 Å². The van der Waals surface area contributed by atoms with Gasteiger partial charge in [-0.3, -0.25) is 9.59 Å². The molecule has 2 atom stereocenters. The monoisotopic (exact) mass is 888 g/mol. The number of hydrogen-bond acceptors (Lipinski definition) is 5. The quantitative estimate of drug-likeness (QED) is 0.0321. The second-order valence-corrected chi connectivity index (χ2v) is 19.3. The van der Waals surface area contributed by atoms with E-state index >= 15 is 0 Å². The van der Waals surface area contributed by atoms with Crippen LogP contribution in [0, 0.1) is 0 Å². The van der Waals surface area contributed by atoms with Crippen molar-refractivity contribution in [3.05, 3.63) is 24.3 Å². The number of aliphatic hydroxyl groups excluding tert-OH is 2. The van der Waals surface area contributed by atoms with E-state index in [0.29, 0.717) is 19.4 Å². The minimum Gasteiger partial charge on any atom is -0.466 e. The molecule has 6 heteroatoms. The summed E-state index contributed by atoms with van der Waals surface area (Å²) in [5, 5.41) is 22.9. The van der Waals surface area contributed by atoms with Gasteiger partial charge in [0.15, 0.2) is 0 Å². The smallest absolute Gasteiger partial charge is 0.305 e. The lowest BCUT2D eigenvalue weighted by molar-refractivity contribution is -0.143. The first kappa shape index (κ1) is 61.3. The zero-order valence-corrected chi connectivity index (χ0v) is 42.3. The van der Waals surface area contributed by atoms with Gasteiger partial charge < -0.3 is 20.3 Å². The van der Waals surface area contributed by atoms with Crippen LogP contribution >= 0.6 is 0 Å². The Bertz CT molecular complexity index is 982. The van der Waals surface area contributed by atoms with E-state index in [4.69, 9.17) is 4.74 Å². The minimum atomic E-state index is -0.842. The fraction of sp³-hybridized carbons (Fsp3) is 0.895. The van der Waals surface area contributed by atoms with Crippen LogP contribution < -0.4 is 5.32 Å². The highest BCUT2D eigenvalue weighted by atomic mass is 16.5. The Kier molecular flexibility index (Phi) is 51.6. The first-order valence-corrected chi connectivity index (χ1v) is 28.1. The van der Waals surface area contributed by atoms with Crippen molar-refractivity contribution in [2.45, 2.75) is 315 Å². The number of carbonyl (C=O) groups is 2. The number of rotatable bonds is 52. The number of esters is 1. The Balaban J connectivity index is 3.38. The molecule has 0 bridgehead atoms. The van der Waals surface area contributed by atoms with Gasteiger partial charge in [0.25, 0.3) is 0 Å². The topological polar surface area (TPSA) is 95.9 Å². The van der Waals surface area contributed by atoms with Gasteiger partial charge in [-0.2, -0.15) is 0 Å². The van der Waals surface area contributed by atoms with Gasteiger partial charge in [0.1, 0.15) is 0 Å². The summed E-state index contributed by atoms with van der Waals surface area (Å²) in [6.45, 7) is 4.88. The van der Waals surface area contributed by atoms with E-state index in [-0.39, 0.29) is 18.5 Å². The van der Waals surface area contributed by atoms with Crippen molar-refractivity contribution in [1.82, 2.24) is 5.32 Å². The van der Waals surface area contributed by atoms with Gasteiger partial charge in [-0.05, 0) is 57.8 Å². The molecule has 0 saturated carbocycles. The van der Waals surface area contributed by atoms with Gasteiger partial charge in [-0.25, -0.2) is 0 Å². The Labute approximate surface area is 392 Å². The van der Waals surface area contributed by atoms with E-state index < -0.39 is 12.1 Å². The molecule has 0 spiro atoms. The van der Waals surface area contributed by atoms with Crippen LogP contribution in [0.5, 0.6) is 0 Å². The summed E-state index contributed by atoms with van der Waals surface area (Å²) in [6.07, 6.45) is 63.6. The summed E-state index contributed by atoms with van der Waals surface area (Å²) < 4.78 is 5.46. The van der Waals surface area contributed by atoms with Crippen LogP contribution in [-0.4, -0.2) is 47.4 Å². The van der Waals surface area contributed by atoms with Crippen molar-refractivity contribution in [3.63, 3.8) is 0 Å². The molecular weight excluding hydrogens is 779 g/mol. The van der Waals surface area contributed by atoms with Crippen LogP contribution in [0.1, 0.15) is 303 Å². The molecule has 2 unspecified atom stereocenters. The zero-order chi connectivity index (χ0) is 45.8. The number of ether oxygens (including phenoxy) is 1. The lowest BCUT2D eigenvalue weighted by atomic mass is 10.0. The molecule has 0 saturated heterocycles. The van der Waals surface area contributed by atoms with E-state index in [1.54, 1.807) is 6.08 Å². The number of amides is 1. The number of aliphatic hydroxyl groups is 2. The van der Waals surface area contributed by atoms with Gasteiger partial charge in [0.2, 0.25) is 5.91 Å². The highest BCUT2D eigenvalue weighted by molar-refractivity contribution is 5.76. The van der Waals surface area contributed by atoms with Crippen molar-refractivity contribution in [2.24, 2.45) is 0 Å². The lowest BCUT2D eigenvalue weighted by Gasteiger charge is -2.20. The third-order valence-electron chi connectivity index (χ3n) is 13.0. The largest absolute Gasteiger partial charge is 0.466 e. The first-order valence-electron chi connectivity index (χ1n) is 28.1. The maximum atomic E-state index is 12.4. The standard InChI is InChI=1S/C57H109NO5/c1-3-5-7-9-11-13-30-35-39-43-47-51-57(62)63-52-48-44-40-36-32-29-27-25-23-21-19-17-15-14-16-18-20-22-24-26-28-31-34-38-42-46-50-56(61)58-54(53-59)55(60)49-45-41-37-33-12-10-8-6-4-2/h14,16,45,49,54-55,59-60H,3-13,15,17-44,46-48,50-53H2,1-2H3,(H,58,61)/b16-14-,49-45+. The molecule has 6 nitrogen and oxygen atoms in total. The fourth-order valence-corrected chi connectivity index (χ4v) is 8.63. The van der Waals surface area contributed by atoms with Crippen molar-refractivity contribution in [3.8, 4) is 0 Å². The van der Waals surface area contributed by atoms with Crippen molar-refractivity contribution in [1.29, 1.82) is 0 Å². The predicted octanol–water partition coefficient (Wildman–Crippen LogP) is 17.1. The average Bonchev–Trinajstić information content (AvgIpc) is 3.28. The van der Waals surface area contributed by atoms with Gasteiger partial charge in [0.05, 0.1) is 25.4 Å². The lowest BCUT2D eigenvalue weighted by Crippen LogP contribution is -2.45. The van der Waals surface area contributed by atoms with Crippen molar-refractivity contribution >= 4 is 11.9 Å². The number of allylic oxidation sites excluding steroid dienone is 3. The maximum absolute atomic E-state index is 12.4. The highest BCUT2D eigenvalue weighted by Crippen LogP contribution is 2.16. The molecule has 0 aromatic rings. The second kappa shape index (κ2) is 53.0. The number of nitrogens with one attached hydrogen (secondary N) is 1. The SMILES string of the molecule is CCCCCCCCC/C=C/C(O)C(CO)NC(=O)CCCCCCCCCCCC/C=C\CCCCCCCCCCCCCCOC(=O)CCCCCCCCCCCCC. The summed E-state index contributed by atoms with van der Waals surface area (Å²) in [4.78, 5) is 24.4. The Morgan fingerprint density at radius 3 is 1.13 bits per heavy atom. The molecule has 0 aromatic heterocycles. The van der Waals surface area contributed by atoms with E-state index in [2.05, 4.69) is 31.3 Å². The number of hydrogen-bond donors (Lipinski definition) is 3. The maximum Gasteiger partial charge on any atom is 0.305 e. The highest BCUT2D eigenvalue weighted by Gasteiger charge is 2.18. The fourth-order valence-electron chi connectivity index (χ4n) is 8.63. The number of carbonyl (C=O) groups excluding carboxylic acids is 2. The van der Waals surface area contributed by atoms with Gasteiger partial charge in [-0.15, -0.1) is 0 Å². The van der Waals surface area contributed by atoms with Crippen LogP contribution in [0.15, 0.2) is 24.3 Å².